The Morgan fingerprint density at radius 1 is 0.400 bits per heavy atom. The number of ketones is 2. The van der Waals surface area contributed by atoms with Crippen molar-refractivity contribution in [3.63, 3.8) is 0 Å². The van der Waals surface area contributed by atoms with Crippen LogP contribution in [-0.4, -0.2) is 11.6 Å². The second-order valence-electron chi connectivity index (χ2n) is 7.42. The molecular formula is C26H18N2O2. The van der Waals surface area contributed by atoms with Gasteiger partial charge in [-0.3, -0.25) is 9.59 Å². The largest absolute Gasteiger partial charge is 0.399 e. The number of nitrogen functional groups attached to an aromatic ring is 2. The van der Waals surface area contributed by atoms with E-state index in [1.165, 1.54) is 0 Å². The molecule has 0 heterocycles. The predicted octanol–water partition coefficient (Wildman–Crippen LogP) is 4.96. The van der Waals surface area contributed by atoms with Crippen LogP contribution in [0.3, 0.4) is 0 Å². The molecule has 0 saturated heterocycles. The van der Waals surface area contributed by atoms with Crippen LogP contribution in [0.25, 0.3) is 22.3 Å². The molecule has 30 heavy (non-hydrogen) atoms. The van der Waals surface area contributed by atoms with E-state index in [-0.39, 0.29) is 11.6 Å². The highest BCUT2D eigenvalue weighted by Crippen LogP contribution is 2.33. The molecule has 4 nitrogen and oxygen atoms in total. The summed E-state index contributed by atoms with van der Waals surface area (Å²) in [6, 6.07) is 25.7. The lowest BCUT2D eigenvalue weighted by Crippen LogP contribution is -2.21. The quantitative estimate of drug-likeness (QED) is 0.417. The Balaban J connectivity index is 1.58. The predicted molar refractivity (Wildman–Crippen MR) is 119 cm³/mol. The minimum absolute atomic E-state index is 0.138. The molecule has 4 N–H and O–H groups in total. The molecule has 1 aliphatic carbocycles. The van der Waals surface area contributed by atoms with Gasteiger partial charge in [-0.2, -0.15) is 0 Å². The number of carbonyl (C=O) groups is 2. The maximum Gasteiger partial charge on any atom is 0.194 e. The fraction of sp³-hybridized carbons (Fsp3) is 0. The number of carbonyl (C=O) groups excluding carboxylic acids is 2. The lowest BCUT2D eigenvalue weighted by molar-refractivity contribution is 0.0979. The van der Waals surface area contributed by atoms with Gasteiger partial charge >= 0.3 is 0 Å². The average molecular weight is 390 g/mol. The van der Waals surface area contributed by atoms with Crippen LogP contribution < -0.4 is 11.5 Å². The van der Waals surface area contributed by atoms with Crippen LogP contribution in [0, 0.1) is 0 Å². The van der Waals surface area contributed by atoms with E-state index in [0.29, 0.717) is 33.6 Å². The standard InChI is InChI=1S/C26H18N2O2/c27-19-7-1-15(2-8-19)17-5-11-21-23(13-17)25(29)22-12-6-18(14-24(22)26(21)30)16-3-9-20(28)10-4-16/h1-14H,27-28H2. The van der Waals surface area contributed by atoms with Crippen molar-refractivity contribution in [3.05, 3.63) is 107 Å². The van der Waals surface area contributed by atoms with Crippen molar-refractivity contribution in [2.45, 2.75) is 0 Å². The lowest BCUT2D eigenvalue weighted by atomic mass is 9.81. The lowest BCUT2D eigenvalue weighted by Gasteiger charge is -2.19. The van der Waals surface area contributed by atoms with Crippen LogP contribution >= 0.6 is 0 Å². The van der Waals surface area contributed by atoms with E-state index in [9.17, 15) is 9.59 Å². The molecule has 0 fully saturated rings. The van der Waals surface area contributed by atoms with E-state index < -0.39 is 0 Å². The number of hydrogen-bond donors (Lipinski definition) is 2. The van der Waals surface area contributed by atoms with Gasteiger partial charge in [0.2, 0.25) is 0 Å². The summed E-state index contributed by atoms with van der Waals surface area (Å²) in [6.07, 6.45) is 0. The summed E-state index contributed by atoms with van der Waals surface area (Å²) in [4.78, 5) is 26.4. The van der Waals surface area contributed by atoms with Gasteiger partial charge in [0, 0.05) is 33.6 Å². The summed E-state index contributed by atoms with van der Waals surface area (Å²) in [5.74, 6) is -0.276. The molecule has 0 unspecified atom stereocenters. The Labute approximate surface area is 173 Å². The zero-order valence-electron chi connectivity index (χ0n) is 16.1. The van der Waals surface area contributed by atoms with Crippen molar-refractivity contribution in [2.75, 3.05) is 11.5 Å². The van der Waals surface area contributed by atoms with Gasteiger partial charge in [-0.15, -0.1) is 0 Å². The molecule has 5 rings (SSSR count). The van der Waals surface area contributed by atoms with Crippen LogP contribution in [0.5, 0.6) is 0 Å². The molecule has 0 aromatic heterocycles. The summed E-state index contributed by atoms with van der Waals surface area (Å²) in [7, 11) is 0. The van der Waals surface area contributed by atoms with Crippen molar-refractivity contribution >= 4 is 22.9 Å². The fourth-order valence-electron chi connectivity index (χ4n) is 3.86. The first-order valence-corrected chi connectivity index (χ1v) is 9.60. The minimum Gasteiger partial charge on any atom is -0.399 e. The molecular weight excluding hydrogens is 372 g/mol. The molecule has 4 aromatic rings. The molecule has 0 saturated carbocycles. The second-order valence-corrected chi connectivity index (χ2v) is 7.42. The zero-order valence-corrected chi connectivity index (χ0v) is 16.1. The SMILES string of the molecule is Nc1ccc(-c2ccc3c(c2)C(=O)c2ccc(-c4ccc(N)cc4)cc2C3=O)cc1. The number of anilines is 2. The molecule has 0 atom stereocenters. The Morgan fingerprint density at radius 2 is 0.733 bits per heavy atom. The first-order chi connectivity index (χ1) is 14.5. The zero-order chi connectivity index (χ0) is 20.8. The van der Waals surface area contributed by atoms with E-state index in [2.05, 4.69) is 0 Å². The Bertz CT molecular complexity index is 1220. The number of rotatable bonds is 2. The highest BCUT2D eigenvalue weighted by Gasteiger charge is 2.30. The van der Waals surface area contributed by atoms with E-state index in [4.69, 9.17) is 11.5 Å². The third-order valence-corrected chi connectivity index (χ3v) is 5.51. The molecule has 0 spiro atoms. The number of fused-ring (bicyclic) bond motifs is 2. The summed E-state index contributed by atoms with van der Waals surface area (Å²) < 4.78 is 0. The normalized spacial score (nSPS) is 12.4. The highest BCUT2D eigenvalue weighted by atomic mass is 16.1. The molecule has 1 aliphatic rings. The molecule has 0 bridgehead atoms. The summed E-state index contributed by atoms with van der Waals surface area (Å²) >= 11 is 0. The maximum absolute atomic E-state index is 13.2. The Kier molecular flexibility index (Phi) is 4.00. The number of nitrogens with two attached hydrogens (primary N) is 2. The van der Waals surface area contributed by atoms with Crippen LogP contribution in [0.2, 0.25) is 0 Å². The maximum atomic E-state index is 13.2. The van der Waals surface area contributed by atoms with Crippen molar-refractivity contribution < 1.29 is 9.59 Å². The van der Waals surface area contributed by atoms with Gasteiger partial charge in [-0.05, 0) is 70.8 Å². The van der Waals surface area contributed by atoms with Gasteiger partial charge < -0.3 is 11.5 Å². The van der Waals surface area contributed by atoms with E-state index in [1.807, 2.05) is 60.7 Å². The van der Waals surface area contributed by atoms with Crippen LogP contribution in [-0.2, 0) is 0 Å². The van der Waals surface area contributed by atoms with Crippen LogP contribution in [0.1, 0.15) is 31.8 Å². The molecule has 0 amide bonds. The first kappa shape index (κ1) is 17.9. The number of hydrogen-bond acceptors (Lipinski definition) is 4. The van der Waals surface area contributed by atoms with Crippen molar-refractivity contribution in [3.8, 4) is 22.3 Å². The van der Waals surface area contributed by atoms with Crippen molar-refractivity contribution in [2.24, 2.45) is 0 Å². The molecule has 4 aromatic carbocycles. The van der Waals surface area contributed by atoms with Crippen LogP contribution in [0.4, 0.5) is 11.4 Å². The van der Waals surface area contributed by atoms with Gasteiger partial charge in [0.1, 0.15) is 0 Å². The molecule has 4 heteroatoms. The minimum atomic E-state index is -0.138. The van der Waals surface area contributed by atoms with Gasteiger partial charge in [0.15, 0.2) is 11.6 Å². The van der Waals surface area contributed by atoms with Gasteiger partial charge in [-0.1, -0.05) is 36.4 Å². The van der Waals surface area contributed by atoms with Gasteiger partial charge in [0.25, 0.3) is 0 Å². The summed E-state index contributed by atoms with van der Waals surface area (Å²) in [6.45, 7) is 0. The summed E-state index contributed by atoms with van der Waals surface area (Å²) in [5.41, 5.74) is 18.2. The fourth-order valence-corrected chi connectivity index (χ4v) is 3.86. The summed E-state index contributed by atoms with van der Waals surface area (Å²) in [5, 5.41) is 0. The van der Waals surface area contributed by atoms with E-state index in [1.54, 1.807) is 24.3 Å². The average Bonchev–Trinajstić information content (AvgIpc) is 2.78. The monoisotopic (exact) mass is 390 g/mol. The smallest absolute Gasteiger partial charge is 0.194 e. The van der Waals surface area contributed by atoms with Crippen LogP contribution in [0.15, 0.2) is 84.9 Å². The van der Waals surface area contributed by atoms with Gasteiger partial charge in [-0.25, -0.2) is 0 Å². The third kappa shape index (κ3) is 2.86. The first-order valence-electron chi connectivity index (χ1n) is 9.60. The van der Waals surface area contributed by atoms with Crippen molar-refractivity contribution in [1.29, 1.82) is 0 Å². The third-order valence-electron chi connectivity index (χ3n) is 5.51. The molecule has 144 valence electrons. The molecule has 0 radical (unpaired) electrons. The van der Waals surface area contributed by atoms with Gasteiger partial charge in [0.05, 0.1) is 0 Å². The Morgan fingerprint density at radius 3 is 1.10 bits per heavy atom. The number of benzene rings is 4. The van der Waals surface area contributed by atoms with Crippen molar-refractivity contribution in [1.82, 2.24) is 0 Å². The topological polar surface area (TPSA) is 86.2 Å². The highest BCUT2D eigenvalue weighted by molar-refractivity contribution is 6.29. The Hall–Kier alpha value is -4.18. The van der Waals surface area contributed by atoms with E-state index in [0.717, 1.165) is 22.3 Å². The van der Waals surface area contributed by atoms with E-state index >= 15 is 0 Å². The molecule has 0 aliphatic heterocycles. The second kappa shape index (κ2) is 6.71.